The molecule has 2 fully saturated rings. The maximum absolute atomic E-state index is 13.1. The van der Waals surface area contributed by atoms with Gasteiger partial charge < -0.3 is 19.9 Å². The molecule has 0 aliphatic carbocycles. The monoisotopic (exact) mass is 389 g/mol. The summed E-state index contributed by atoms with van der Waals surface area (Å²) in [6.07, 6.45) is 2.05. The minimum atomic E-state index is -0.175. The quantitative estimate of drug-likeness (QED) is 0.830. The molecule has 2 saturated heterocycles. The fourth-order valence-corrected chi connectivity index (χ4v) is 4.23. The van der Waals surface area contributed by atoms with Crippen molar-refractivity contribution >= 4 is 17.4 Å². The Morgan fingerprint density at radius 2 is 1.79 bits per heavy atom. The zero-order chi connectivity index (χ0) is 20.3. The van der Waals surface area contributed by atoms with Crippen molar-refractivity contribution in [2.75, 3.05) is 56.5 Å². The highest BCUT2D eigenvalue weighted by molar-refractivity contribution is 5.95. The molecular weight excluding hydrogens is 354 g/mol. The van der Waals surface area contributed by atoms with Crippen LogP contribution in [0.4, 0.5) is 11.5 Å². The van der Waals surface area contributed by atoms with E-state index in [1.807, 2.05) is 12.1 Å². The topological polar surface area (TPSA) is 60.9 Å². The van der Waals surface area contributed by atoms with Gasteiger partial charge in [0.2, 0.25) is 5.91 Å². The molecule has 0 aromatic carbocycles. The Labute approximate surface area is 169 Å². The molecule has 28 heavy (non-hydrogen) atoms. The van der Waals surface area contributed by atoms with E-state index in [1.54, 1.807) is 6.20 Å². The van der Waals surface area contributed by atoms with Crippen molar-refractivity contribution in [3.05, 3.63) is 18.3 Å². The van der Waals surface area contributed by atoms with Gasteiger partial charge in [-0.05, 0) is 38.9 Å². The van der Waals surface area contributed by atoms with Crippen LogP contribution in [0.2, 0.25) is 0 Å². The number of rotatable bonds is 5. The number of pyridine rings is 1. The van der Waals surface area contributed by atoms with Gasteiger partial charge in [-0.2, -0.15) is 0 Å². The summed E-state index contributed by atoms with van der Waals surface area (Å²) < 4.78 is 5.83. The summed E-state index contributed by atoms with van der Waals surface area (Å²) in [7, 11) is 2.14. The van der Waals surface area contributed by atoms with Crippen molar-refractivity contribution in [1.82, 2.24) is 14.8 Å². The van der Waals surface area contributed by atoms with Crippen molar-refractivity contribution in [1.29, 1.82) is 0 Å². The number of nitrogens with one attached hydrogen (secondary N) is 1. The normalized spacial score (nSPS) is 25.7. The Hall–Kier alpha value is -1.70. The van der Waals surface area contributed by atoms with E-state index in [9.17, 15) is 4.79 Å². The van der Waals surface area contributed by atoms with E-state index < -0.39 is 0 Å². The molecule has 2 aliphatic rings. The summed E-state index contributed by atoms with van der Waals surface area (Å²) in [4.78, 5) is 24.5. The van der Waals surface area contributed by atoms with Gasteiger partial charge in [0, 0.05) is 39.3 Å². The van der Waals surface area contributed by atoms with Crippen LogP contribution in [0.3, 0.4) is 0 Å². The summed E-state index contributed by atoms with van der Waals surface area (Å²) in [5.41, 5.74) is 0.753. The summed E-state index contributed by atoms with van der Waals surface area (Å²) in [5, 5.41) is 3.08. The molecule has 3 atom stereocenters. The van der Waals surface area contributed by atoms with Gasteiger partial charge >= 0.3 is 0 Å². The number of hydrogen-bond acceptors (Lipinski definition) is 6. The summed E-state index contributed by atoms with van der Waals surface area (Å²) in [5.74, 6) is 1.22. The average molecular weight is 390 g/mol. The molecule has 7 nitrogen and oxygen atoms in total. The number of amides is 1. The summed E-state index contributed by atoms with van der Waals surface area (Å²) >= 11 is 0. The van der Waals surface area contributed by atoms with Crippen LogP contribution in [0.1, 0.15) is 27.7 Å². The van der Waals surface area contributed by atoms with Crippen molar-refractivity contribution < 1.29 is 9.53 Å². The number of aromatic nitrogens is 1. The Balaban J connectivity index is 1.63. The SMILES string of the molecule is CC1CN(C(C(=O)Nc2ccc(N3CCN(C)CC3)nc2)C(C)C)CC(C)O1. The van der Waals surface area contributed by atoms with Crippen LogP contribution in [-0.2, 0) is 9.53 Å². The second-order valence-corrected chi connectivity index (χ2v) is 8.58. The Bertz CT molecular complexity index is 633. The van der Waals surface area contributed by atoms with Crippen molar-refractivity contribution in [2.45, 2.75) is 45.9 Å². The number of nitrogens with zero attached hydrogens (tertiary/aromatic N) is 4. The lowest BCUT2D eigenvalue weighted by Crippen LogP contribution is -2.55. The van der Waals surface area contributed by atoms with Crippen LogP contribution in [0, 0.1) is 5.92 Å². The molecule has 3 rings (SSSR count). The van der Waals surface area contributed by atoms with E-state index in [4.69, 9.17) is 4.74 Å². The second-order valence-electron chi connectivity index (χ2n) is 8.58. The van der Waals surface area contributed by atoms with Crippen molar-refractivity contribution in [2.24, 2.45) is 5.92 Å². The maximum Gasteiger partial charge on any atom is 0.242 e. The molecule has 7 heteroatoms. The fraction of sp³-hybridized carbons (Fsp3) is 0.714. The molecule has 2 aliphatic heterocycles. The van der Waals surface area contributed by atoms with Crippen LogP contribution in [-0.4, -0.2) is 85.3 Å². The van der Waals surface area contributed by atoms with Gasteiger partial charge in [0.05, 0.1) is 30.1 Å². The highest BCUT2D eigenvalue weighted by Crippen LogP contribution is 2.21. The maximum atomic E-state index is 13.1. The molecule has 0 radical (unpaired) electrons. The van der Waals surface area contributed by atoms with Crippen molar-refractivity contribution in [3.8, 4) is 0 Å². The van der Waals surface area contributed by atoms with Crippen LogP contribution in [0.25, 0.3) is 0 Å². The van der Waals surface area contributed by atoms with Gasteiger partial charge in [-0.25, -0.2) is 4.98 Å². The van der Waals surface area contributed by atoms with E-state index in [0.29, 0.717) is 0 Å². The number of carbonyl (C=O) groups excluding carboxylic acids is 1. The van der Waals surface area contributed by atoms with Gasteiger partial charge in [-0.1, -0.05) is 13.8 Å². The standard InChI is InChI=1S/C21H35N5O2/c1-15(2)20(26-13-16(3)28-17(4)14-26)21(27)23-18-6-7-19(22-12-18)25-10-8-24(5)9-11-25/h6-7,12,15-17,20H,8-11,13-14H2,1-5H3,(H,23,27). The molecule has 0 bridgehead atoms. The third-order valence-electron chi connectivity index (χ3n) is 5.58. The van der Waals surface area contributed by atoms with E-state index in [-0.39, 0.29) is 30.1 Å². The molecule has 3 unspecified atom stereocenters. The van der Waals surface area contributed by atoms with E-state index in [2.05, 4.69) is 59.7 Å². The molecular formula is C21H35N5O2. The Morgan fingerprint density at radius 1 is 1.14 bits per heavy atom. The first-order valence-electron chi connectivity index (χ1n) is 10.4. The number of likely N-dealkylation sites (N-methyl/N-ethyl adjacent to an activating group) is 1. The lowest BCUT2D eigenvalue weighted by Gasteiger charge is -2.41. The van der Waals surface area contributed by atoms with E-state index in [1.165, 1.54) is 0 Å². The predicted molar refractivity (Wildman–Crippen MR) is 113 cm³/mol. The van der Waals surface area contributed by atoms with E-state index >= 15 is 0 Å². The number of anilines is 2. The lowest BCUT2D eigenvalue weighted by atomic mass is 9.99. The number of carbonyl (C=O) groups is 1. The minimum absolute atomic E-state index is 0.0328. The molecule has 3 heterocycles. The summed E-state index contributed by atoms with van der Waals surface area (Å²) in [6.45, 7) is 14.0. The highest BCUT2D eigenvalue weighted by Gasteiger charge is 2.34. The molecule has 156 valence electrons. The van der Waals surface area contributed by atoms with Gasteiger partial charge in [0.15, 0.2) is 0 Å². The molecule has 0 saturated carbocycles. The average Bonchev–Trinajstić information content (AvgIpc) is 2.62. The van der Waals surface area contributed by atoms with E-state index in [0.717, 1.165) is 50.8 Å². The number of piperazine rings is 1. The zero-order valence-electron chi connectivity index (χ0n) is 17.9. The Kier molecular flexibility index (Phi) is 6.91. The predicted octanol–water partition coefficient (Wildman–Crippen LogP) is 1.91. The number of ether oxygens (including phenoxy) is 1. The van der Waals surface area contributed by atoms with Crippen LogP contribution >= 0.6 is 0 Å². The third-order valence-corrected chi connectivity index (χ3v) is 5.58. The number of hydrogen-bond donors (Lipinski definition) is 1. The largest absolute Gasteiger partial charge is 0.373 e. The highest BCUT2D eigenvalue weighted by atomic mass is 16.5. The van der Waals surface area contributed by atoms with Crippen molar-refractivity contribution in [3.63, 3.8) is 0 Å². The first-order valence-corrected chi connectivity index (χ1v) is 10.4. The van der Waals surface area contributed by atoms with Gasteiger partial charge in [0.25, 0.3) is 0 Å². The van der Waals surface area contributed by atoms with Crippen LogP contribution < -0.4 is 10.2 Å². The molecule has 1 aromatic heterocycles. The summed E-state index contributed by atoms with van der Waals surface area (Å²) in [6, 6.07) is 3.79. The molecule has 1 aromatic rings. The smallest absolute Gasteiger partial charge is 0.242 e. The van der Waals surface area contributed by atoms with Crippen LogP contribution in [0.15, 0.2) is 18.3 Å². The second kappa shape index (κ2) is 9.20. The number of morpholine rings is 1. The van der Waals surface area contributed by atoms with Gasteiger partial charge in [0.1, 0.15) is 5.82 Å². The Morgan fingerprint density at radius 3 is 2.32 bits per heavy atom. The zero-order valence-corrected chi connectivity index (χ0v) is 17.9. The third kappa shape index (κ3) is 5.21. The lowest BCUT2D eigenvalue weighted by molar-refractivity contribution is -0.130. The molecule has 1 amide bonds. The van der Waals surface area contributed by atoms with Gasteiger partial charge in [-0.3, -0.25) is 9.69 Å². The fourth-order valence-electron chi connectivity index (χ4n) is 4.23. The molecule has 1 N–H and O–H groups in total. The van der Waals surface area contributed by atoms with Gasteiger partial charge in [-0.15, -0.1) is 0 Å². The molecule has 0 spiro atoms. The first-order chi connectivity index (χ1) is 13.3. The first kappa shape index (κ1) is 21.0. The minimum Gasteiger partial charge on any atom is -0.373 e. The van der Waals surface area contributed by atoms with Crippen LogP contribution in [0.5, 0.6) is 0 Å².